The number of carbonyl (C=O) groups is 1. The molecule has 1 heterocycles. The molecule has 0 N–H and O–H groups in total. The summed E-state index contributed by atoms with van der Waals surface area (Å²) < 4.78 is 11.4. The number of piperidine rings is 1. The van der Waals surface area contributed by atoms with Gasteiger partial charge in [0.15, 0.2) is 0 Å². The smallest absolute Gasteiger partial charge is 0.410 e. The predicted octanol–water partition coefficient (Wildman–Crippen LogP) is 3.53. The van der Waals surface area contributed by atoms with Crippen molar-refractivity contribution in [3.63, 3.8) is 0 Å². The number of ether oxygens (including phenoxy) is 2. The van der Waals surface area contributed by atoms with Crippen LogP contribution in [0.2, 0.25) is 0 Å². The van der Waals surface area contributed by atoms with Crippen molar-refractivity contribution in [3.8, 4) is 0 Å². The number of carbonyl (C=O) groups excluding carboxylic acids is 1. The third-order valence-corrected chi connectivity index (χ3v) is 4.22. The molecule has 1 saturated heterocycles. The molecule has 1 aromatic rings. The lowest BCUT2D eigenvalue weighted by Crippen LogP contribution is -2.43. The van der Waals surface area contributed by atoms with Crippen LogP contribution in [0.3, 0.4) is 0 Å². The lowest BCUT2D eigenvalue weighted by atomic mass is 10.1. The van der Waals surface area contributed by atoms with Crippen molar-refractivity contribution in [1.29, 1.82) is 0 Å². The van der Waals surface area contributed by atoms with E-state index in [1.807, 2.05) is 26.8 Å². The van der Waals surface area contributed by atoms with Crippen molar-refractivity contribution in [2.75, 3.05) is 33.3 Å². The first-order valence-corrected chi connectivity index (χ1v) is 9.15. The Morgan fingerprint density at radius 1 is 1.20 bits per heavy atom. The van der Waals surface area contributed by atoms with Crippen LogP contribution in [0.4, 0.5) is 4.79 Å². The first kappa shape index (κ1) is 19.7. The fourth-order valence-electron chi connectivity index (χ4n) is 2.88. The highest BCUT2D eigenvalue weighted by molar-refractivity contribution is 5.68. The molecule has 5 heteroatoms. The van der Waals surface area contributed by atoms with E-state index in [0.29, 0.717) is 13.1 Å². The maximum absolute atomic E-state index is 12.1. The Morgan fingerprint density at radius 2 is 1.84 bits per heavy atom. The summed E-state index contributed by atoms with van der Waals surface area (Å²) in [6.45, 7) is 9.66. The standard InChI is InChI=1S/C20H32N2O3/c1-20(2,3)25-19(23)22-12-10-18(11-13-22)24-15-14-21(4)16-17-8-6-5-7-9-17/h5-9,18H,10-16H2,1-4H3. The number of benzene rings is 1. The number of likely N-dealkylation sites (tertiary alicyclic amines) is 1. The lowest BCUT2D eigenvalue weighted by molar-refractivity contribution is -0.0151. The van der Waals surface area contributed by atoms with E-state index < -0.39 is 5.60 Å². The summed E-state index contributed by atoms with van der Waals surface area (Å²) in [5.41, 5.74) is 0.879. The zero-order valence-corrected chi connectivity index (χ0v) is 16.0. The van der Waals surface area contributed by atoms with Crippen LogP contribution in [-0.4, -0.2) is 60.9 Å². The van der Waals surface area contributed by atoms with Crippen molar-refractivity contribution in [2.45, 2.75) is 51.9 Å². The second-order valence-corrected chi connectivity index (χ2v) is 7.76. The minimum Gasteiger partial charge on any atom is -0.444 e. The lowest BCUT2D eigenvalue weighted by Gasteiger charge is -2.33. The summed E-state index contributed by atoms with van der Waals surface area (Å²) in [5.74, 6) is 0. The van der Waals surface area contributed by atoms with E-state index in [9.17, 15) is 4.79 Å². The zero-order chi connectivity index (χ0) is 18.3. The van der Waals surface area contributed by atoms with Crippen LogP contribution >= 0.6 is 0 Å². The number of hydrogen-bond acceptors (Lipinski definition) is 4. The van der Waals surface area contributed by atoms with Gasteiger partial charge in [-0.2, -0.15) is 0 Å². The fourth-order valence-corrected chi connectivity index (χ4v) is 2.88. The molecule has 25 heavy (non-hydrogen) atoms. The van der Waals surface area contributed by atoms with Gasteiger partial charge in [-0.05, 0) is 46.2 Å². The molecular weight excluding hydrogens is 316 g/mol. The Hall–Kier alpha value is -1.59. The Morgan fingerprint density at radius 3 is 2.44 bits per heavy atom. The van der Waals surface area contributed by atoms with Crippen LogP contribution in [0.1, 0.15) is 39.2 Å². The predicted molar refractivity (Wildman–Crippen MR) is 99.6 cm³/mol. The zero-order valence-electron chi connectivity index (χ0n) is 16.0. The molecule has 1 aromatic carbocycles. The Kier molecular flexibility index (Phi) is 7.26. The molecule has 0 saturated carbocycles. The van der Waals surface area contributed by atoms with Crippen molar-refractivity contribution < 1.29 is 14.3 Å². The molecule has 0 aromatic heterocycles. The minimum atomic E-state index is -0.437. The van der Waals surface area contributed by atoms with Gasteiger partial charge in [0, 0.05) is 26.2 Å². The van der Waals surface area contributed by atoms with Gasteiger partial charge in [0.1, 0.15) is 5.60 Å². The van der Waals surface area contributed by atoms with Crippen molar-refractivity contribution in [2.24, 2.45) is 0 Å². The molecule has 140 valence electrons. The van der Waals surface area contributed by atoms with Crippen molar-refractivity contribution >= 4 is 6.09 Å². The van der Waals surface area contributed by atoms with E-state index in [2.05, 4.69) is 36.2 Å². The average Bonchev–Trinajstić information content (AvgIpc) is 2.55. The van der Waals surface area contributed by atoms with Gasteiger partial charge in [-0.1, -0.05) is 30.3 Å². The van der Waals surface area contributed by atoms with Crippen LogP contribution < -0.4 is 0 Å². The maximum Gasteiger partial charge on any atom is 0.410 e. The first-order valence-electron chi connectivity index (χ1n) is 9.15. The fraction of sp³-hybridized carbons (Fsp3) is 0.650. The summed E-state index contributed by atoms with van der Waals surface area (Å²) in [4.78, 5) is 16.1. The minimum absolute atomic E-state index is 0.214. The average molecular weight is 348 g/mol. The molecule has 0 bridgehead atoms. The SMILES string of the molecule is CN(CCOC1CCN(C(=O)OC(C)(C)C)CC1)Cc1ccccc1. The van der Waals surface area contributed by atoms with Crippen LogP contribution in [0.15, 0.2) is 30.3 Å². The molecule has 0 aliphatic carbocycles. The number of likely N-dealkylation sites (N-methyl/N-ethyl adjacent to an activating group) is 1. The van der Waals surface area contributed by atoms with Gasteiger partial charge in [-0.25, -0.2) is 4.79 Å². The molecule has 1 aliphatic rings. The first-order chi connectivity index (χ1) is 11.8. The molecular formula is C20H32N2O3. The molecule has 1 aliphatic heterocycles. The van der Waals surface area contributed by atoms with Gasteiger partial charge < -0.3 is 14.4 Å². The van der Waals surface area contributed by atoms with Gasteiger partial charge in [0.2, 0.25) is 0 Å². The highest BCUT2D eigenvalue weighted by atomic mass is 16.6. The van der Waals surface area contributed by atoms with E-state index in [4.69, 9.17) is 9.47 Å². The van der Waals surface area contributed by atoms with Crippen LogP contribution in [0, 0.1) is 0 Å². The van der Waals surface area contributed by atoms with Gasteiger partial charge in [0.05, 0.1) is 12.7 Å². The summed E-state index contributed by atoms with van der Waals surface area (Å²) in [7, 11) is 2.11. The molecule has 0 unspecified atom stereocenters. The molecule has 0 atom stereocenters. The molecule has 0 spiro atoms. The van der Waals surface area contributed by atoms with Gasteiger partial charge in [0.25, 0.3) is 0 Å². The monoisotopic (exact) mass is 348 g/mol. The summed E-state index contributed by atoms with van der Waals surface area (Å²) in [6, 6.07) is 10.5. The van der Waals surface area contributed by atoms with E-state index in [1.54, 1.807) is 4.90 Å². The molecule has 2 rings (SSSR count). The van der Waals surface area contributed by atoms with Crippen LogP contribution in [-0.2, 0) is 16.0 Å². The second kappa shape index (κ2) is 9.20. The van der Waals surface area contributed by atoms with E-state index >= 15 is 0 Å². The summed E-state index contributed by atoms with van der Waals surface area (Å²) in [5, 5.41) is 0. The highest BCUT2D eigenvalue weighted by Crippen LogP contribution is 2.17. The summed E-state index contributed by atoms with van der Waals surface area (Å²) >= 11 is 0. The van der Waals surface area contributed by atoms with Crippen LogP contribution in [0.25, 0.3) is 0 Å². The van der Waals surface area contributed by atoms with Crippen molar-refractivity contribution in [1.82, 2.24) is 9.80 Å². The number of nitrogens with zero attached hydrogens (tertiary/aromatic N) is 2. The topological polar surface area (TPSA) is 42.0 Å². The number of rotatable bonds is 6. The van der Waals surface area contributed by atoms with E-state index in [-0.39, 0.29) is 12.2 Å². The second-order valence-electron chi connectivity index (χ2n) is 7.76. The van der Waals surface area contributed by atoms with Gasteiger partial charge in [-0.15, -0.1) is 0 Å². The molecule has 1 fully saturated rings. The van der Waals surface area contributed by atoms with E-state index in [0.717, 1.165) is 32.5 Å². The normalized spacial score (nSPS) is 16.3. The Bertz CT molecular complexity index is 519. The largest absolute Gasteiger partial charge is 0.444 e. The van der Waals surface area contributed by atoms with Crippen LogP contribution in [0.5, 0.6) is 0 Å². The molecule has 0 radical (unpaired) electrons. The summed E-state index contributed by atoms with van der Waals surface area (Å²) in [6.07, 6.45) is 1.78. The Balaban J connectivity index is 1.61. The maximum atomic E-state index is 12.1. The van der Waals surface area contributed by atoms with Gasteiger partial charge in [-0.3, -0.25) is 4.90 Å². The molecule has 1 amide bonds. The van der Waals surface area contributed by atoms with E-state index in [1.165, 1.54) is 5.56 Å². The third kappa shape index (κ3) is 7.45. The highest BCUT2D eigenvalue weighted by Gasteiger charge is 2.27. The van der Waals surface area contributed by atoms with Gasteiger partial charge >= 0.3 is 6.09 Å². The number of amides is 1. The Labute approximate surface area is 151 Å². The quantitative estimate of drug-likeness (QED) is 0.789. The number of hydrogen-bond donors (Lipinski definition) is 0. The van der Waals surface area contributed by atoms with Crippen molar-refractivity contribution in [3.05, 3.63) is 35.9 Å². The third-order valence-electron chi connectivity index (χ3n) is 4.22. The molecule has 5 nitrogen and oxygen atoms in total.